The van der Waals surface area contributed by atoms with Gasteiger partial charge < -0.3 is 10.2 Å². The van der Waals surface area contributed by atoms with Crippen LogP contribution in [0.25, 0.3) is 0 Å². The molecule has 2 aromatic rings. The zero-order valence-corrected chi connectivity index (χ0v) is 14.0. The second-order valence-electron chi connectivity index (χ2n) is 6.66. The number of amides is 1. The lowest BCUT2D eigenvalue weighted by Crippen LogP contribution is -2.42. The van der Waals surface area contributed by atoms with Gasteiger partial charge in [0.1, 0.15) is 11.9 Å². The first kappa shape index (κ1) is 15.6. The third-order valence-corrected chi connectivity index (χ3v) is 4.86. The van der Waals surface area contributed by atoms with Crippen molar-refractivity contribution in [2.75, 3.05) is 18.0 Å². The van der Waals surface area contributed by atoms with E-state index in [9.17, 15) is 4.79 Å². The Morgan fingerprint density at radius 1 is 1.36 bits per heavy atom. The molecular weight excluding hydrogens is 318 g/mol. The van der Waals surface area contributed by atoms with Crippen LogP contribution in [-0.4, -0.2) is 45.0 Å². The van der Waals surface area contributed by atoms with Crippen LogP contribution >= 0.6 is 0 Å². The lowest BCUT2D eigenvalue weighted by atomic mass is 10.1. The second kappa shape index (κ2) is 6.16. The Hall–Kier alpha value is -2.95. The third-order valence-electron chi connectivity index (χ3n) is 4.86. The number of aromatic nitrogens is 4. The monoisotopic (exact) mass is 337 g/mol. The fourth-order valence-corrected chi connectivity index (χ4v) is 3.27. The molecule has 1 aliphatic carbocycles. The largest absolute Gasteiger partial charge is 0.352 e. The van der Waals surface area contributed by atoms with Crippen molar-refractivity contribution in [3.63, 3.8) is 0 Å². The number of nitriles is 1. The van der Waals surface area contributed by atoms with Gasteiger partial charge in [0.15, 0.2) is 0 Å². The van der Waals surface area contributed by atoms with Crippen molar-refractivity contribution in [3.8, 4) is 6.07 Å². The van der Waals surface area contributed by atoms with Crippen LogP contribution < -0.4 is 10.2 Å². The molecule has 2 fully saturated rings. The Morgan fingerprint density at radius 2 is 2.20 bits per heavy atom. The molecule has 1 aliphatic heterocycles. The Bertz CT molecular complexity index is 822. The number of rotatable bonds is 4. The molecule has 1 saturated carbocycles. The normalized spacial score (nSPS) is 22.6. The minimum absolute atomic E-state index is 0.00273. The first-order valence-electron chi connectivity index (χ1n) is 8.44. The van der Waals surface area contributed by atoms with Gasteiger partial charge in [0, 0.05) is 25.2 Å². The summed E-state index contributed by atoms with van der Waals surface area (Å²) in [6.45, 7) is 3.16. The summed E-state index contributed by atoms with van der Waals surface area (Å²) >= 11 is 0. The maximum absolute atomic E-state index is 12.2. The van der Waals surface area contributed by atoms with Gasteiger partial charge >= 0.3 is 0 Å². The first-order chi connectivity index (χ1) is 12.2. The molecular formula is C17H19N7O. The smallest absolute Gasteiger partial charge is 0.223 e. The van der Waals surface area contributed by atoms with Crippen molar-refractivity contribution < 1.29 is 4.79 Å². The predicted molar refractivity (Wildman–Crippen MR) is 89.6 cm³/mol. The molecule has 0 spiro atoms. The lowest BCUT2D eigenvalue weighted by Gasteiger charge is -2.19. The van der Waals surface area contributed by atoms with Gasteiger partial charge in [-0.2, -0.15) is 5.26 Å². The SMILES string of the molecule is Cc1nc(N2C[C@@H](NC(=O)C3CC3)[C@@H](n3ccnn3)C2)ccc1C#N. The van der Waals surface area contributed by atoms with E-state index >= 15 is 0 Å². The van der Waals surface area contributed by atoms with Crippen LogP contribution in [0.4, 0.5) is 5.82 Å². The maximum Gasteiger partial charge on any atom is 0.223 e. The van der Waals surface area contributed by atoms with Gasteiger partial charge in [-0.1, -0.05) is 5.21 Å². The van der Waals surface area contributed by atoms with E-state index in [4.69, 9.17) is 5.26 Å². The topological polar surface area (TPSA) is 99.7 Å². The number of hydrogen-bond acceptors (Lipinski definition) is 6. The van der Waals surface area contributed by atoms with Crippen molar-refractivity contribution in [1.82, 2.24) is 25.3 Å². The van der Waals surface area contributed by atoms with Gasteiger partial charge in [-0.05, 0) is 31.9 Å². The molecule has 8 heteroatoms. The minimum atomic E-state index is -0.0486. The summed E-state index contributed by atoms with van der Waals surface area (Å²) in [7, 11) is 0. The van der Waals surface area contributed by atoms with Crippen molar-refractivity contribution in [2.45, 2.75) is 31.8 Å². The van der Waals surface area contributed by atoms with E-state index in [1.54, 1.807) is 16.9 Å². The number of nitrogens with zero attached hydrogens (tertiary/aromatic N) is 6. The van der Waals surface area contributed by atoms with Gasteiger partial charge in [-0.15, -0.1) is 5.10 Å². The summed E-state index contributed by atoms with van der Waals surface area (Å²) in [5.74, 6) is 1.10. The molecule has 2 aromatic heterocycles. The van der Waals surface area contributed by atoms with Crippen molar-refractivity contribution in [2.24, 2.45) is 5.92 Å². The zero-order valence-electron chi connectivity index (χ0n) is 14.0. The molecule has 2 atom stereocenters. The second-order valence-corrected chi connectivity index (χ2v) is 6.66. The van der Waals surface area contributed by atoms with Crippen LogP contribution in [0.3, 0.4) is 0 Å². The Morgan fingerprint density at radius 3 is 2.84 bits per heavy atom. The van der Waals surface area contributed by atoms with Crippen LogP contribution in [-0.2, 0) is 4.79 Å². The molecule has 1 amide bonds. The Labute approximate surface area is 145 Å². The third kappa shape index (κ3) is 3.05. The van der Waals surface area contributed by atoms with Crippen LogP contribution in [0.2, 0.25) is 0 Å². The molecule has 0 bridgehead atoms. The number of pyridine rings is 1. The highest BCUT2D eigenvalue weighted by atomic mass is 16.2. The molecule has 0 radical (unpaired) electrons. The van der Waals surface area contributed by atoms with E-state index in [1.807, 2.05) is 19.2 Å². The van der Waals surface area contributed by atoms with E-state index in [0.717, 1.165) is 18.7 Å². The highest BCUT2D eigenvalue weighted by molar-refractivity contribution is 5.81. The van der Waals surface area contributed by atoms with Crippen LogP contribution in [0, 0.1) is 24.2 Å². The van der Waals surface area contributed by atoms with Crippen molar-refractivity contribution in [3.05, 3.63) is 35.8 Å². The van der Waals surface area contributed by atoms with E-state index in [-0.39, 0.29) is 23.9 Å². The van der Waals surface area contributed by atoms with E-state index in [0.29, 0.717) is 24.3 Å². The lowest BCUT2D eigenvalue weighted by molar-refractivity contribution is -0.123. The predicted octanol–water partition coefficient (Wildman–Crippen LogP) is 0.809. The summed E-state index contributed by atoms with van der Waals surface area (Å²) in [5.41, 5.74) is 1.29. The Balaban J connectivity index is 1.57. The van der Waals surface area contributed by atoms with Gasteiger partial charge in [0.2, 0.25) is 5.91 Å². The number of carbonyl (C=O) groups is 1. The molecule has 1 N–H and O–H groups in total. The number of nitrogens with one attached hydrogen (secondary N) is 1. The molecule has 128 valence electrons. The fraction of sp³-hybridized carbons (Fsp3) is 0.471. The van der Waals surface area contributed by atoms with Crippen LogP contribution in [0.1, 0.15) is 30.1 Å². The van der Waals surface area contributed by atoms with Gasteiger partial charge in [0.25, 0.3) is 0 Å². The average Bonchev–Trinajstić information content (AvgIpc) is 3.16. The highest BCUT2D eigenvalue weighted by Gasteiger charge is 2.39. The number of carbonyl (C=O) groups excluding carboxylic acids is 1. The summed E-state index contributed by atoms with van der Waals surface area (Å²) < 4.78 is 1.80. The first-order valence-corrected chi connectivity index (χ1v) is 8.44. The van der Waals surface area contributed by atoms with Crippen LogP contribution in [0.15, 0.2) is 24.5 Å². The zero-order chi connectivity index (χ0) is 17.4. The summed E-state index contributed by atoms with van der Waals surface area (Å²) in [5, 5.41) is 20.2. The quantitative estimate of drug-likeness (QED) is 0.886. The fourth-order valence-electron chi connectivity index (χ4n) is 3.27. The molecule has 1 saturated heterocycles. The van der Waals surface area contributed by atoms with Gasteiger partial charge in [-0.3, -0.25) is 4.79 Å². The van der Waals surface area contributed by atoms with Gasteiger partial charge in [0.05, 0.1) is 29.5 Å². The molecule has 4 rings (SSSR count). The van der Waals surface area contributed by atoms with E-state index < -0.39 is 0 Å². The van der Waals surface area contributed by atoms with E-state index in [1.165, 1.54) is 0 Å². The summed E-state index contributed by atoms with van der Waals surface area (Å²) in [4.78, 5) is 18.9. The number of anilines is 1. The van der Waals surface area contributed by atoms with Crippen LogP contribution in [0.5, 0.6) is 0 Å². The van der Waals surface area contributed by atoms with Gasteiger partial charge in [-0.25, -0.2) is 9.67 Å². The van der Waals surface area contributed by atoms with E-state index in [2.05, 4.69) is 31.6 Å². The number of aryl methyl sites for hydroxylation is 1. The number of hydrogen-bond donors (Lipinski definition) is 1. The van der Waals surface area contributed by atoms with Crippen molar-refractivity contribution >= 4 is 11.7 Å². The minimum Gasteiger partial charge on any atom is -0.352 e. The molecule has 3 heterocycles. The summed E-state index contributed by atoms with van der Waals surface area (Å²) in [6, 6.07) is 5.74. The average molecular weight is 337 g/mol. The standard InChI is InChI=1S/C17H19N7O/c1-11-13(8-18)4-5-16(20-11)23-9-14(21-17(25)12-2-3-12)15(10-23)24-7-6-19-22-24/h4-7,12,14-15H,2-3,9-10H2,1H3,(H,21,25)/t14-,15+/m1/s1. The molecule has 25 heavy (non-hydrogen) atoms. The summed E-state index contributed by atoms with van der Waals surface area (Å²) in [6.07, 6.45) is 5.42. The Kier molecular flexibility index (Phi) is 3.84. The molecule has 2 aliphatic rings. The highest BCUT2D eigenvalue weighted by Crippen LogP contribution is 2.31. The molecule has 8 nitrogen and oxygen atoms in total. The van der Waals surface area contributed by atoms with Crippen molar-refractivity contribution in [1.29, 1.82) is 5.26 Å². The molecule has 0 unspecified atom stereocenters. The maximum atomic E-state index is 12.2. The molecule has 0 aromatic carbocycles.